The lowest BCUT2D eigenvalue weighted by Crippen LogP contribution is -2.16. The largest absolute Gasteiger partial charge is 0.393 e. The van der Waals surface area contributed by atoms with Crippen LogP contribution in [-0.2, 0) is 0 Å². The number of fused-ring (bicyclic) bond motifs is 1. The molecule has 0 aliphatic heterocycles. The summed E-state index contributed by atoms with van der Waals surface area (Å²) in [5, 5.41) is 9.78. The molecule has 1 unspecified atom stereocenters. The minimum atomic E-state index is -0.152. The lowest BCUT2D eigenvalue weighted by atomic mass is 9.77. The van der Waals surface area contributed by atoms with E-state index in [-0.39, 0.29) is 6.10 Å². The van der Waals surface area contributed by atoms with Crippen LogP contribution in [0.2, 0.25) is 0 Å². The van der Waals surface area contributed by atoms with Gasteiger partial charge in [-0.3, -0.25) is 0 Å². The fourth-order valence-corrected chi connectivity index (χ4v) is 4.23. The highest BCUT2D eigenvalue weighted by Crippen LogP contribution is 2.45. The van der Waals surface area contributed by atoms with Crippen molar-refractivity contribution < 1.29 is 5.11 Å². The van der Waals surface area contributed by atoms with E-state index in [4.69, 9.17) is 0 Å². The smallest absolute Gasteiger partial charge is 0.0583 e. The third-order valence-electron chi connectivity index (χ3n) is 5.36. The molecule has 0 radical (unpaired) electrons. The number of aliphatic hydroxyl groups is 1. The highest BCUT2D eigenvalue weighted by Gasteiger charge is 2.32. The third-order valence-corrected chi connectivity index (χ3v) is 5.36. The summed E-state index contributed by atoms with van der Waals surface area (Å²) in [6.07, 6.45) is 15.5. The minimum Gasteiger partial charge on any atom is -0.393 e. The van der Waals surface area contributed by atoms with E-state index in [2.05, 4.69) is 18.7 Å². The molecule has 0 heterocycles. The maximum atomic E-state index is 9.78. The molecule has 0 aromatic carbocycles. The van der Waals surface area contributed by atoms with Crippen molar-refractivity contribution in [1.82, 2.24) is 0 Å². The zero-order valence-corrected chi connectivity index (χ0v) is 11.9. The second-order valence-corrected chi connectivity index (χ2v) is 6.62. The van der Waals surface area contributed by atoms with Crippen LogP contribution in [0.25, 0.3) is 0 Å². The van der Waals surface area contributed by atoms with Gasteiger partial charge in [0.2, 0.25) is 0 Å². The van der Waals surface area contributed by atoms with Gasteiger partial charge in [0, 0.05) is 0 Å². The summed E-state index contributed by atoms with van der Waals surface area (Å²) in [6.45, 7) is 4.15. The highest BCUT2D eigenvalue weighted by atomic mass is 16.3. The average molecular weight is 258 g/mol. The Kier molecular flexibility index (Phi) is 3.93. The van der Waals surface area contributed by atoms with Crippen molar-refractivity contribution in [3.05, 3.63) is 35.5 Å². The second kappa shape index (κ2) is 5.66. The number of allylic oxidation sites excluding steroid dienone is 4. The zero-order chi connectivity index (χ0) is 13.2. The van der Waals surface area contributed by atoms with E-state index >= 15 is 0 Å². The van der Waals surface area contributed by atoms with Crippen molar-refractivity contribution in [1.29, 1.82) is 0 Å². The predicted molar refractivity (Wildman–Crippen MR) is 79.8 cm³/mol. The van der Waals surface area contributed by atoms with Gasteiger partial charge in [0.15, 0.2) is 0 Å². The zero-order valence-electron chi connectivity index (χ0n) is 11.9. The fraction of sp³-hybridized carbons (Fsp3) is 0.667. The SMILES string of the molecule is C=C1CC[C@H](O)C/C1=C/C=C1\CCCC2CCC[C@@H]12. The van der Waals surface area contributed by atoms with Gasteiger partial charge in [-0.2, -0.15) is 0 Å². The van der Waals surface area contributed by atoms with E-state index in [1.807, 2.05) is 0 Å². The lowest BCUT2D eigenvalue weighted by Gasteiger charge is -2.28. The van der Waals surface area contributed by atoms with Crippen LogP contribution in [0.1, 0.15) is 57.8 Å². The molecule has 3 fully saturated rings. The van der Waals surface area contributed by atoms with Crippen LogP contribution >= 0.6 is 0 Å². The second-order valence-electron chi connectivity index (χ2n) is 6.62. The summed E-state index contributed by atoms with van der Waals surface area (Å²) in [7, 11) is 0. The van der Waals surface area contributed by atoms with Crippen LogP contribution in [0.4, 0.5) is 0 Å². The van der Waals surface area contributed by atoms with Gasteiger partial charge in [-0.25, -0.2) is 0 Å². The molecule has 19 heavy (non-hydrogen) atoms. The molecule has 0 aromatic rings. The molecule has 1 heteroatoms. The molecule has 1 N–H and O–H groups in total. The molecule has 0 amide bonds. The molecule has 3 saturated carbocycles. The Hall–Kier alpha value is -0.820. The number of hydrogen-bond donors (Lipinski definition) is 1. The Balaban J connectivity index is 1.75. The standard InChI is InChI=1S/C18H26O/c1-13-8-11-17(19)12-16(13)10-9-15-5-2-4-14-6-3-7-18(14)15/h9-10,14,17-19H,1-8,11-12H2/b15-9+,16-10-/t14?,17-,18+/m0/s1. The van der Waals surface area contributed by atoms with Crippen LogP contribution in [0.3, 0.4) is 0 Å². The average Bonchev–Trinajstić information content (AvgIpc) is 2.88. The Labute approximate surface area is 117 Å². The van der Waals surface area contributed by atoms with E-state index in [9.17, 15) is 5.11 Å². The fourth-order valence-electron chi connectivity index (χ4n) is 4.23. The molecule has 1 nitrogen and oxygen atoms in total. The molecule has 3 rings (SSSR count). The Morgan fingerprint density at radius 3 is 2.74 bits per heavy atom. The van der Waals surface area contributed by atoms with Gasteiger partial charge in [0.25, 0.3) is 0 Å². The maximum absolute atomic E-state index is 9.78. The molecule has 0 spiro atoms. The first-order valence-electron chi connectivity index (χ1n) is 8.00. The summed E-state index contributed by atoms with van der Waals surface area (Å²) in [6, 6.07) is 0. The van der Waals surface area contributed by atoms with Gasteiger partial charge < -0.3 is 5.11 Å². The number of rotatable bonds is 1. The summed E-state index contributed by atoms with van der Waals surface area (Å²) >= 11 is 0. The first-order chi connectivity index (χ1) is 9.24. The van der Waals surface area contributed by atoms with E-state index in [0.29, 0.717) is 0 Å². The van der Waals surface area contributed by atoms with Crippen LogP contribution in [-0.4, -0.2) is 11.2 Å². The Morgan fingerprint density at radius 1 is 1.00 bits per heavy atom. The molecule has 3 atom stereocenters. The molecule has 0 saturated heterocycles. The molecule has 3 aliphatic carbocycles. The molecule has 0 aromatic heterocycles. The Morgan fingerprint density at radius 2 is 1.84 bits per heavy atom. The van der Waals surface area contributed by atoms with Gasteiger partial charge in [0.1, 0.15) is 0 Å². The molecule has 0 bridgehead atoms. The summed E-state index contributed by atoms with van der Waals surface area (Å²) in [5.74, 6) is 1.84. The van der Waals surface area contributed by atoms with Crippen molar-refractivity contribution in [3.8, 4) is 0 Å². The van der Waals surface area contributed by atoms with Gasteiger partial charge >= 0.3 is 0 Å². The Bertz CT molecular complexity index is 415. The van der Waals surface area contributed by atoms with E-state index in [0.717, 1.165) is 31.1 Å². The summed E-state index contributed by atoms with van der Waals surface area (Å²) < 4.78 is 0. The van der Waals surface area contributed by atoms with Crippen LogP contribution in [0.15, 0.2) is 35.5 Å². The topological polar surface area (TPSA) is 20.2 Å². The van der Waals surface area contributed by atoms with E-state index in [1.54, 1.807) is 5.57 Å². The van der Waals surface area contributed by atoms with Crippen molar-refractivity contribution in [2.75, 3.05) is 0 Å². The monoisotopic (exact) mass is 258 g/mol. The van der Waals surface area contributed by atoms with Crippen molar-refractivity contribution in [3.63, 3.8) is 0 Å². The van der Waals surface area contributed by atoms with Gasteiger partial charge in [0.05, 0.1) is 6.10 Å². The maximum Gasteiger partial charge on any atom is 0.0583 e. The van der Waals surface area contributed by atoms with Crippen molar-refractivity contribution >= 4 is 0 Å². The quantitative estimate of drug-likeness (QED) is 0.732. The van der Waals surface area contributed by atoms with Crippen LogP contribution in [0.5, 0.6) is 0 Å². The van der Waals surface area contributed by atoms with Gasteiger partial charge in [-0.05, 0) is 68.8 Å². The van der Waals surface area contributed by atoms with Gasteiger partial charge in [-0.15, -0.1) is 0 Å². The molecular weight excluding hydrogens is 232 g/mol. The van der Waals surface area contributed by atoms with Crippen molar-refractivity contribution in [2.24, 2.45) is 11.8 Å². The summed E-state index contributed by atoms with van der Waals surface area (Å²) in [5.41, 5.74) is 4.20. The normalized spacial score (nSPS) is 39.8. The lowest BCUT2D eigenvalue weighted by molar-refractivity contribution is 0.158. The minimum absolute atomic E-state index is 0.152. The van der Waals surface area contributed by atoms with Gasteiger partial charge in [-0.1, -0.05) is 36.3 Å². The van der Waals surface area contributed by atoms with Crippen LogP contribution < -0.4 is 0 Å². The number of aliphatic hydroxyl groups excluding tert-OH is 1. The number of hydrogen-bond acceptors (Lipinski definition) is 1. The highest BCUT2D eigenvalue weighted by molar-refractivity contribution is 5.35. The van der Waals surface area contributed by atoms with E-state index in [1.165, 1.54) is 49.7 Å². The predicted octanol–water partition coefficient (Wildman–Crippen LogP) is 4.54. The van der Waals surface area contributed by atoms with Crippen LogP contribution in [0, 0.1) is 11.8 Å². The first kappa shape index (κ1) is 13.2. The molecule has 104 valence electrons. The summed E-state index contributed by atoms with van der Waals surface area (Å²) in [4.78, 5) is 0. The van der Waals surface area contributed by atoms with E-state index < -0.39 is 0 Å². The molecule has 3 aliphatic rings. The first-order valence-corrected chi connectivity index (χ1v) is 8.00. The third kappa shape index (κ3) is 2.86. The van der Waals surface area contributed by atoms with Crippen molar-refractivity contribution in [2.45, 2.75) is 63.9 Å². The molecular formula is C18H26O.